The highest BCUT2D eigenvalue weighted by Gasteiger charge is 2.24. The molecule has 0 amide bonds. The second-order valence-electron chi connectivity index (χ2n) is 7.37. The van der Waals surface area contributed by atoms with Crippen molar-refractivity contribution in [1.82, 2.24) is 20.2 Å². The van der Waals surface area contributed by atoms with Gasteiger partial charge in [-0.3, -0.25) is 0 Å². The van der Waals surface area contributed by atoms with Gasteiger partial charge in [-0.2, -0.15) is 0 Å². The first-order valence-electron chi connectivity index (χ1n) is 9.66. The van der Waals surface area contributed by atoms with Gasteiger partial charge in [-0.1, -0.05) is 66.9 Å². The van der Waals surface area contributed by atoms with E-state index in [-0.39, 0.29) is 0 Å². The molecule has 1 aromatic heterocycles. The molecule has 27 heavy (non-hydrogen) atoms. The predicted molar refractivity (Wildman–Crippen MR) is 105 cm³/mol. The average Bonchev–Trinajstić information content (AvgIpc) is 3.36. The Kier molecular flexibility index (Phi) is 5.80. The summed E-state index contributed by atoms with van der Waals surface area (Å²) in [5.41, 5.74) is 2.59. The molecule has 1 aliphatic carbocycles. The Labute approximate surface area is 165 Å². The van der Waals surface area contributed by atoms with E-state index in [0.29, 0.717) is 6.04 Å². The van der Waals surface area contributed by atoms with Gasteiger partial charge in [-0.05, 0) is 35.4 Å². The van der Waals surface area contributed by atoms with E-state index >= 15 is 0 Å². The van der Waals surface area contributed by atoms with Crippen molar-refractivity contribution in [2.75, 3.05) is 0 Å². The molecule has 1 unspecified atom stereocenters. The van der Waals surface area contributed by atoms with Crippen LogP contribution in [0.5, 0.6) is 0 Å². The normalized spacial score (nSPS) is 15.9. The Hall–Kier alpha value is -2.24. The molecule has 0 aliphatic heterocycles. The molecule has 0 bridgehead atoms. The summed E-state index contributed by atoms with van der Waals surface area (Å²) in [6.45, 7) is 2.64. The van der Waals surface area contributed by atoms with E-state index < -0.39 is 0 Å². The van der Waals surface area contributed by atoms with E-state index in [1.807, 2.05) is 12.1 Å². The zero-order valence-electron chi connectivity index (χ0n) is 15.4. The second kappa shape index (κ2) is 8.63. The van der Waals surface area contributed by atoms with Gasteiger partial charge in [0.1, 0.15) is 19.6 Å². The molecule has 0 saturated heterocycles. The number of tetrazole rings is 1. The van der Waals surface area contributed by atoms with Crippen LogP contribution in [0.2, 0.25) is 5.02 Å². The third kappa shape index (κ3) is 4.73. The molecule has 6 heteroatoms. The molecule has 4 rings (SSSR count). The van der Waals surface area contributed by atoms with Crippen LogP contribution in [0.15, 0.2) is 54.6 Å². The van der Waals surface area contributed by atoms with Crippen LogP contribution in [-0.4, -0.2) is 20.2 Å². The highest BCUT2D eigenvalue weighted by Crippen LogP contribution is 2.28. The Balaban J connectivity index is 1.54. The number of halogens is 1. The number of hydrogen-bond donors (Lipinski definition) is 1. The summed E-state index contributed by atoms with van der Waals surface area (Å²) in [4.78, 5) is 1.41. The van der Waals surface area contributed by atoms with Crippen molar-refractivity contribution in [1.29, 1.82) is 0 Å². The lowest BCUT2D eigenvalue weighted by molar-refractivity contribution is -0.941. The summed E-state index contributed by atoms with van der Waals surface area (Å²) in [5.74, 6) is 0.988. The summed E-state index contributed by atoms with van der Waals surface area (Å²) in [6, 6.07) is 19.2. The zero-order chi connectivity index (χ0) is 18.5. The SMILES string of the molecule is Clc1ccc(C[NH+](Cc2ccccc2)Cc2nnnn2C2CCCC2)cc1. The van der Waals surface area contributed by atoms with Crippen LogP contribution in [0.1, 0.15) is 48.7 Å². The van der Waals surface area contributed by atoms with E-state index in [1.165, 1.54) is 41.7 Å². The van der Waals surface area contributed by atoms with Crippen molar-refractivity contribution in [2.45, 2.75) is 51.4 Å². The number of aromatic nitrogens is 4. The molecule has 5 nitrogen and oxygen atoms in total. The molecule has 1 N–H and O–H groups in total. The van der Waals surface area contributed by atoms with Crippen LogP contribution in [0.4, 0.5) is 0 Å². The quantitative estimate of drug-likeness (QED) is 0.682. The first kappa shape index (κ1) is 18.1. The smallest absolute Gasteiger partial charge is 0.206 e. The molecule has 140 valence electrons. The molecule has 3 aromatic rings. The van der Waals surface area contributed by atoms with Gasteiger partial charge in [-0.25, -0.2) is 4.68 Å². The van der Waals surface area contributed by atoms with E-state index in [0.717, 1.165) is 30.5 Å². The third-order valence-corrected chi connectivity index (χ3v) is 5.56. The van der Waals surface area contributed by atoms with Crippen molar-refractivity contribution in [2.24, 2.45) is 0 Å². The van der Waals surface area contributed by atoms with Crippen LogP contribution in [-0.2, 0) is 19.6 Å². The maximum atomic E-state index is 6.05. The van der Waals surface area contributed by atoms with Gasteiger partial charge >= 0.3 is 0 Å². The Morgan fingerprint density at radius 1 is 0.889 bits per heavy atom. The number of nitrogens with zero attached hydrogens (tertiary/aromatic N) is 4. The van der Waals surface area contributed by atoms with Crippen LogP contribution in [0, 0.1) is 0 Å². The average molecular weight is 383 g/mol. The van der Waals surface area contributed by atoms with Gasteiger partial charge in [-0.15, -0.1) is 5.10 Å². The van der Waals surface area contributed by atoms with Crippen molar-refractivity contribution >= 4 is 11.6 Å². The van der Waals surface area contributed by atoms with Crippen LogP contribution >= 0.6 is 11.6 Å². The minimum atomic E-state index is 0.462. The molecule has 1 aliphatic rings. The van der Waals surface area contributed by atoms with Gasteiger partial charge < -0.3 is 4.90 Å². The summed E-state index contributed by atoms with van der Waals surface area (Å²) < 4.78 is 2.07. The van der Waals surface area contributed by atoms with Crippen LogP contribution < -0.4 is 4.90 Å². The number of nitrogens with one attached hydrogen (secondary N) is 1. The summed E-state index contributed by atoms with van der Waals surface area (Å²) in [5, 5.41) is 13.4. The molecular formula is C21H25ClN5+. The Bertz CT molecular complexity index is 841. The highest BCUT2D eigenvalue weighted by molar-refractivity contribution is 6.30. The van der Waals surface area contributed by atoms with Gasteiger partial charge in [0.05, 0.1) is 6.04 Å². The van der Waals surface area contributed by atoms with E-state index in [9.17, 15) is 0 Å². The maximum absolute atomic E-state index is 6.05. The van der Waals surface area contributed by atoms with E-state index in [4.69, 9.17) is 11.6 Å². The van der Waals surface area contributed by atoms with E-state index in [2.05, 4.69) is 62.7 Å². The van der Waals surface area contributed by atoms with E-state index in [1.54, 1.807) is 0 Å². The zero-order valence-corrected chi connectivity index (χ0v) is 16.1. The lowest BCUT2D eigenvalue weighted by Crippen LogP contribution is -3.08. The predicted octanol–water partition coefficient (Wildman–Crippen LogP) is 3.23. The molecule has 1 atom stereocenters. The van der Waals surface area contributed by atoms with Crippen molar-refractivity contribution < 1.29 is 4.90 Å². The third-order valence-electron chi connectivity index (χ3n) is 5.30. The number of benzene rings is 2. The molecule has 1 heterocycles. The minimum absolute atomic E-state index is 0.462. The molecule has 0 radical (unpaired) electrons. The largest absolute Gasteiger partial charge is 0.321 e. The molecular weight excluding hydrogens is 358 g/mol. The lowest BCUT2D eigenvalue weighted by Gasteiger charge is -2.20. The van der Waals surface area contributed by atoms with Crippen molar-refractivity contribution in [3.05, 3.63) is 76.6 Å². The molecule has 2 aromatic carbocycles. The van der Waals surface area contributed by atoms with Crippen molar-refractivity contribution in [3.8, 4) is 0 Å². The summed E-state index contributed by atoms with van der Waals surface area (Å²) >= 11 is 6.05. The lowest BCUT2D eigenvalue weighted by atomic mass is 10.1. The van der Waals surface area contributed by atoms with Crippen LogP contribution in [0.3, 0.4) is 0 Å². The first-order valence-corrected chi connectivity index (χ1v) is 10.0. The number of rotatable bonds is 7. The van der Waals surface area contributed by atoms with Gasteiger partial charge in [0.2, 0.25) is 5.82 Å². The molecule has 1 fully saturated rings. The first-order chi connectivity index (χ1) is 13.3. The van der Waals surface area contributed by atoms with Gasteiger partial charge in [0.15, 0.2) is 0 Å². The second-order valence-corrected chi connectivity index (χ2v) is 7.81. The van der Waals surface area contributed by atoms with Gasteiger partial charge in [0.25, 0.3) is 0 Å². The monoisotopic (exact) mass is 382 g/mol. The summed E-state index contributed by atoms with van der Waals surface area (Å²) in [6.07, 6.45) is 4.91. The number of hydrogen-bond acceptors (Lipinski definition) is 3. The fourth-order valence-electron chi connectivity index (χ4n) is 3.95. The fourth-order valence-corrected chi connectivity index (χ4v) is 4.07. The topological polar surface area (TPSA) is 48.0 Å². The molecule has 0 spiro atoms. The van der Waals surface area contributed by atoms with Crippen molar-refractivity contribution in [3.63, 3.8) is 0 Å². The summed E-state index contributed by atoms with van der Waals surface area (Å²) in [7, 11) is 0. The minimum Gasteiger partial charge on any atom is -0.321 e. The van der Waals surface area contributed by atoms with Gasteiger partial charge in [0, 0.05) is 16.1 Å². The standard InChI is InChI=1S/C21H24ClN5/c22-19-12-10-18(11-13-19)15-26(14-17-6-2-1-3-7-17)16-21-23-24-25-27(21)20-8-4-5-9-20/h1-3,6-7,10-13,20H,4-5,8-9,14-16H2/p+1. The number of quaternary nitrogens is 1. The van der Waals surface area contributed by atoms with Crippen LogP contribution in [0.25, 0.3) is 0 Å². The highest BCUT2D eigenvalue weighted by atomic mass is 35.5. The Morgan fingerprint density at radius 2 is 1.56 bits per heavy atom. The molecule has 1 saturated carbocycles. The Morgan fingerprint density at radius 3 is 2.26 bits per heavy atom. The maximum Gasteiger partial charge on any atom is 0.206 e. The fraction of sp³-hybridized carbons (Fsp3) is 0.381.